The number of benzene rings is 1. The molecule has 0 bridgehead atoms. The Morgan fingerprint density at radius 1 is 1.27 bits per heavy atom. The molecule has 1 aromatic carbocycles. The van der Waals surface area contributed by atoms with Crippen molar-refractivity contribution in [2.75, 3.05) is 27.4 Å². The van der Waals surface area contributed by atoms with Gasteiger partial charge in [0, 0.05) is 13.2 Å². The van der Waals surface area contributed by atoms with E-state index in [1.165, 1.54) is 5.56 Å². The summed E-state index contributed by atoms with van der Waals surface area (Å²) in [5.74, 6) is 1.57. The maximum Gasteiger partial charge on any atom is 0.252 e. The van der Waals surface area contributed by atoms with Crippen molar-refractivity contribution in [2.24, 2.45) is 0 Å². The monoisotopic (exact) mass is 305 g/mol. The summed E-state index contributed by atoms with van der Waals surface area (Å²) in [6, 6.07) is 4.05. The molecule has 1 saturated heterocycles. The number of amides is 1. The first-order valence-corrected chi connectivity index (χ1v) is 7.82. The van der Waals surface area contributed by atoms with E-state index in [2.05, 4.69) is 6.92 Å². The van der Waals surface area contributed by atoms with E-state index in [0.29, 0.717) is 12.4 Å². The minimum atomic E-state index is -0.260. The average molecular weight is 305 g/mol. The predicted octanol–water partition coefficient (Wildman–Crippen LogP) is 2.33. The fourth-order valence-electron chi connectivity index (χ4n) is 3.40. The van der Waals surface area contributed by atoms with Gasteiger partial charge in [0.15, 0.2) is 11.5 Å². The molecule has 2 heterocycles. The second-order valence-corrected chi connectivity index (χ2v) is 5.87. The van der Waals surface area contributed by atoms with Crippen LogP contribution in [0.25, 0.3) is 0 Å². The molecule has 2 aliphatic heterocycles. The van der Waals surface area contributed by atoms with Crippen LogP contribution in [0.5, 0.6) is 11.5 Å². The third-order valence-electron chi connectivity index (χ3n) is 4.67. The molecule has 0 N–H and O–H groups in total. The first-order valence-electron chi connectivity index (χ1n) is 7.82. The van der Waals surface area contributed by atoms with Crippen molar-refractivity contribution in [1.29, 1.82) is 0 Å². The van der Waals surface area contributed by atoms with Crippen LogP contribution in [0.3, 0.4) is 0 Å². The Labute approximate surface area is 131 Å². The molecule has 0 radical (unpaired) electrons. The zero-order valence-electron chi connectivity index (χ0n) is 13.4. The summed E-state index contributed by atoms with van der Waals surface area (Å²) in [5, 5.41) is 0. The lowest BCUT2D eigenvalue weighted by molar-refractivity contribution is -0.143. The Balaban J connectivity index is 1.88. The van der Waals surface area contributed by atoms with Crippen LogP contribution in [-0.4, -0.2) is 44.3 Å². The Bertz CT molecular complexity index is 566. The van der Waals surface area contributed by atoms with E-state index >= 15 is 0 Å². The van der Waals surface area contributed by atoms with Gasteiger partial charge in [-0.1, -0.05) is 0 Å². The van der Waals surface area contributed by atoms with Crippen molar-refractivity contribution < 1.29 is 19.0 Å². The maximum atomic E-state index is 12.6. The first-order chi connectivity index (χ1) is 10.7. The fourth-order valence-corrected chi connectivity index (χ4v) is 3.40. The quantitative estimate of drug-likeness (QED) is 0.860. The van der Waals surface area contributed by atoms with Crippen LogP contribution in [0.1, 0.15) is 36.9 Å². The molecule has 120 valence electrons. The third kappa shape index (κ3) is 2.54. The highest BCUT2D eigenvalue weighted by molar-refractivity contribution is 5.82. The number of nitrogens with zero attached hydrogens (tertiary/aromatic N) is 1. The number of ether oxygens (including phenoxy) is 3. The highest BCUT2D eigenvalue weighted by Gasteiger charge is 2.34. The summed E-state index contributed by atoms with van der Waals surface area (Å²) in [6.45, 7) is 3.49. The predicted molar refractivity (Wildman–Crippen MR) is 82.4 cm³/mol. The van der Waals surface area contributed by atoms with E-state index in [4.69, 9.17) is 14.2 Å². The lowest BCUT2D eigenvalue weighted by Crippen LogP contribution is -2.44. The highest BCUT2D eigenvalue weighted by atomic mass is 16.5. The zero-order valence-corrected chi connectivity index (χ0v) is 13.4. The smallest absolute Gasteiger partial charge is 0.252 e. The van der Waals surface area contributed by atoms with Gasteiger partial charge in [-0.2, -0.15) is 0 Å². The van der Waals surface area contributed by atoms with Gasteiger partial charge in [-0.3, -0.25) is 4.79 Å². The van der Waals surface area contributed by atoms with Gasteiger partial charge in [-0.25, -0.2) is 0 Å². The summed E-state index contributed by atoms with van der Waals surface area (Å²) in [6.07, 6.45) is 2.38. The number of rotatable bonds is 3. The van der Waals surface area contributed by atoms with Crippen molar-refractivity contribution in [3.63, 3.8) is 0 Å². The molecule has 1 aromatic rings. The topological polar surface area (TPSA) is 48.0 Å². The second kappa shape index (κ2) is 6.16. The molecular formula is C17H23NO4. The highest BCUT2D eigenvalue weighted by Crippen LogP contribution is 2.38. The standard InChI is InChI=1S/C17H23NO4/c1-11-13-10-16(21-3)15(20-2)9-12(13)6-7-18(11)17(19)14-5-4-8-22-14/h9-11,14H,4-8H2,1-3H3. The number of hydrogen-bond donors (Lipinski definition) is 0. The van der Waals surface area contributed by atoms with E-state index in [-0.39, 0.29) is 18.1 Å². The van der Waals surface area contributed by atoms with Crippen LogP contribution in [0, 0.1) is 0 Å². The van der Waals surface area contributed by atoms with Crippen molar-refractivity contribution in [1.82, 2.24) is 4.90 Å². The van der Waals surface area contributed by atoms with E-state index in [0.717, 1.165) is 37.1 Å². The van der Waals surface area contributed by atoms with Gasteiger partial charge in [-0.05, 0) is 49.4 Å². The van der Waals surface area contributed by atoms with Crippen molar-refractivity contribution in [3.8, 4) is 11.5 Å². The van der Waals surface area contributed by atoms with Crippen LogP contribution >= 0.6 is 0 Å². The number of carbonyl (C=O) groups is 1. The molecule has 2 aliphatic rings. The lowest BCUT2D eigenvalue weighted by Gasteiger charge is -2.37. The Morgan fingerprint density at radius 2 is 2.00 bits per heavy atom. The van der Waals surface area contributed by atoms with Gasteiger partial charge in [0.05, 0.1) is 20.3 Å². The SMILES string of the molecule is COc1cc2c(cc1OC)C(C)N(C(=O)C1CCCO1)CC2. The van der Waals surface area contributed by atoms with Crippen LogP contribution in [0.2, 0.25) is 0 Å². The third-order valence-corrected chi connectivity index (χ3v) is 4.67. The summed E-state index contributed by atoms with van der Waals surface area (Å²) in [7, 11) is 3.27. The van der Waals surface area contributed by atoms with Crippen LogP contribution in [-0.2, 0) is 16.0 Å². The number of hydrogen-bond acceptors (Lipinski definition) is 4. The van der Waals surface area contributed by atoms with Gasteiger partial charge >= 0.3 is 0 Å². The molecule has 5 nitrogen and oxygen atoms in total. The molecule has 0 saturated carbocycles. The number of fused-ring (bicyclic) bond motifs is 1. The van der Waals surface area contributed by atoms with Crippen molar-refractivity contribution in [2.45, 2.75) is 38.3 Å². The van der Waals surface area contributed by atoms with Gasteiger partial charge in [0.2, 0.25) is 0 Å². The summed E-state index contributed by atoms with van der Waals surface area (Å²) in [4.78, 5) is 14.6. The van der Waals surface area contributed by atoms with Gasteiger partial charge in [-0.15, -0.1) is 0 Å². The van der Waals surface area contributed by atoms with E-state index in [1.54, 1.807) is 14.2 Å². The summed E-state index contributed by atoms with van der Waals surface area (Å²) in [5.41, 5.74) is 2.36. The Morgan fingerprint density at radius 3 is 2.64 bits per heavy atom. The molecule has 0 aromatic heterocycles. The first kappa shape index (κ1) is 15.2. The fraction of sp³-hybridized carbons (Fsp3) is 0.588. The second-order valence-electron chi connectivity index (χ2n) is 5.87. The van der Waals surface area contributed by atoms with Crippen molar-refractivity contribution in [3.05, 3.63) is 23.3 Å². The molecule has 22 heavy (non-hydrogen) atoms. The molecular weight excluding hydrogens is 282 g/mol. The molecule has 5 heteroatoms. The van der Waals surface area contributed by atoms with Gasteiger partial charge in [0.1, 0.15) is 6.10 Å². The van der Waals surface area contributed by atoms with E-state index < -0.39 is 0 Å². The van der Waals surface area contributed by atoms with E-state index in [9.17, 15) is 4.79 Å². The molecule has 1 amide bonds. The number of methoxy groups -OCH3 is 2. The van der Waals surface area contributed by atoms with Gasteiger partial charge in [0.25, 0.3) is 5.91 Å². The summed E-state index contributed by atoms with van der Waals surface area (Å²) < 4.78 is 16.3. The Kier molecular flexibility index (Phi) is 4.25. The molecule has 1 fully saturated rings. The van der Waals surface area contributed by atoms with Crippen LogP contribution in [0.4, 0.5) is 0 Å². The Hall–Kier alpha value is -1.75. The molecule has 2 atom stereocenters. The molecule has 2 unspecified atom stereocenters. The van der Waals surface area contributed by atoms with Crippen LogP contribution in [0.15, 0.2) is 12.1 Å². The van der Waals surface area contributed by atoms with Crippen molar-refractivity contribution >= 4 is 5.91 Å². The molecule has 3 rings (SSSR count). The average Bonchev–Trinajstić information content (AvgIpc) is 3.08. The molecule has 0 aliphatic carbocycles. The largest absolute Gasteiger partial charge is 0.493 e. The minimum Gasteiger partial charge on any atom is -0.493 e. The molecule has 0 spiro atoms. The van der Waals surface area contributed by atoms with Crippen LogP contribution < -0.4 is 9.47 Å². The van der Waals surface area contributed by atoms with E-state index in [1.807, 2.05) is 17.0 Å². The minimum absolute atomic E-state index is 0.0280. The summed E-state index contributed by atoms with van der Waals surface area (Å²) >= 11 is 0. The normalized spacial score (nSPS) is 24.0. The van der Waals surface area contributed by atoms with Gasteiger partial charge < -0.3 is 19.1 Å². The zero-order chi connectivity index (χ0) is 15.7. The maximum absolute atomic E-state index is 12.6. The lowest BCUT2D eigenvalue weighted by atomic mass is 9.92. The number of carbonyl (C=O) groups excluding carboxylic acids is 1.